The molecule has 1 aliphatic heterocycles. The first-order valence-corrected chi connectivity index (χ1v) is 10.2. The molecule has 0 aliphatic carbocycles. The summed E-state index contributed by atoms with van der Waals surface area (Å²) in [6.07, 6.45) is 3.29. The Kier molecular flexibility index (Phi) is 6.83. The number of aryl methyl sites for hydroxylation is 1. The van der Waals surface area contributed by atoms with Crippen LogP contribution >= 0.6 is 22.9 Å². The Morgan fingerprint density at radius 1 is 1.25 bits per heavy atom. The van der Waals surface area contributed by atoms with Gasteiger partial charge in [-0.05, 0) is 24.6 Å². The molecule has 0 spiro atoms. The van der Waals surface area contributed by atoms with Gasteiger partial charge < -0.3 is 9.64 Å². The Balaban J connectivity index is 1.65. The fourth-order valence-corrected chi connectivity index (χ4v) is 4.02. The molecule has 1 aromatic carbocycles. The molecule has 0 N–H and O–H groups in total. The minimum absolute atomic E-state index is 0.0577. The quantitative estimate of drug-likeness (QED) is 0.550. The summed E-state index contributed by atoms with van der Waals surface area (Å²) in [4.78, 5) is 33.0. The van der Waals surface area contributed by atoms with Gasteiger partial charge in [-0.3, -0.25) is 9.69 Å². The molecule has 1 amide bonds. The highest BCUT2D eigenvalue weighted by Crippen LogP contribution is 2.29. The number of nitrogens with zero attached hydrogens (tertiary/aromatic N) is 3. The lowest BCUT2D eigenvalue weighted by Crippen LogP contribution is -2.50. The number of carbonyl (C=O) groups is 2. The van der Waals surface area contributed by atoms with Crippen molar-refractivity contribution in [2.75, 3.05) is 33.3 Å². The van der Waals surface area contributed by atoms with Crippen molar-refractivity contribution in [3.63, 3.8) is 0 Å². The van der Waals surface area contributed by atoms with Crippen LogP contribution in [-0.4, -0.2) is 59.9 Å². The number of ether oxygens (including phenoxy) is 1. The molecule has 1 unspecified atom stereocenters. The SMILES string of the molecule is COC(=O)C(c1ccccc1Cl)N1CCN(C(=O)/C=C/c2csc(C)n2)CC1. The number of hydrogen-bond acceptors (Lipinski definition) is 6. The lowest BCUT2D eigenvalue weighted by atomic mass is 10.0. The van der Waals surface area contributed by atoms with Crippen LogP contribution in [0.3, 0.4) is 0 Å². The van der Waals surface area contributed by atoms with E-state index < -0.39 is 6.04 Å². The van der Waals surface area contributed by atoms with Crippen molar-refractivity contribution in [3.05, 3.63) is 57.0 Å². The number of carbonyl (C=O) groups excluding carboxylic acids is 2. The summed E-state index contributed by atoms with van der Waals surface area (Å²) in [6.45, 7) is 4.09. The Bertz CT molecular complexity index is 875. The van der Waals surface area contributed by atoms with E-state index in [4.69, 9.17) is 16.3 Å². The number of piperazine rings is 1. The Morgan fingerprint density at radius 3 is 2.57 bits per heavy atom. The molecule has 6 nitrogen and oxygen atoms in total. The highest BCUT2D eigenvalue weighted by molar-refractivity contribution is 7.09. The smallest absolute Gasteiger partial charge is 0.327 e. The second-order valence-electron chi connectivity index (χ2n) is 6.43. The largest absolute Gasteiger partial charge is 0.468 e. The van der Waals surface area contributed by atoms with Crippen molar-refractivity contribution in [1.29, 1.82) is 0 Å². The molecule has 0 saturated carbocycles. The maximum atomic E-state index is 12.5. The molecule has 8 heteroatoms. The van der Waals surface area contributed by atoms with Crippen LogP contribution in [0.1, 0.15) is 22.3 Å². The number of halogens is 1. The van der Waals surface area contributed by atoms with Gasteiger partial charge in [0.1, 0.15) is 6.04 Å². The highest BCUT2D eigenvalue weighted by atomic mass is 35.5. The van der Waals surface area contributed by atoms with E-state index in [1.807, 2.05) is 35.4 Å². The van der Waals surface area contributed by atoms with Gasteiger partial charge in [0.15, 0.2) is 0 Å². The third kappa shape index (κ3) is 4.79. The molecule has 1 aliphatic rings. The summed E-state index contributed by atoms with van der Waals surface area (Å²) in [5.74, 6) is -0.413. The number of esters is 1. The third-order valence-corrected chi connectivity index (χ3v) is 5.78. The molecule has 0 radical (unpaired) electrons. The molecule has 3 rings (SSSR count). The predicted molar refractivity (Wildman–Crippen MR) is 110 cm³/mol. The van der Waals surface area contributed by atoms with Crippen molar-refractivity contribution < 1.29 is 14.3 Å². The maximum absolute atomic E-state index is 12.5. The van der Waals surface area contributed by atoms with Gasteiger partial charge in [0, 0.05) is 42.7 Å². The molecular formula is C20H22ClN3O3S. The zero-order chi connectivity index (χ0) is 20.1. The Morgan fingerprint density at radius 2 is 1.96 bits per heavy atom. The standard InChI is InChI=1S/C20H22ClN3O3S/c1-14-22-15(13-28-14)7-8-18(25)23-9-11-24(12-10-23)19(20(26)27-2)16-5-3-4-6-17(16)21/h3-8,13,19H,9-12H2,1-2H3/b8-7+. The monoisotopic (exact) mass is 419 g/mol. The zero-order valence-electron chi connectivity index (χ0n) is 15.8. The lowest BCUT2D eigenvalue weighted by Gasteiger charge is -2.38. The summed E-state index contributed by atoms with van der Waals surface area (Å²) < 4.78 is 5.00. The van der Waals surface area contributed by atoms with Gasteiger partial charge in [0.05, 0.1) is 17.8 Å². The normalized spacial score (nSPS) is 16.3. The van der Waals surface area contributed by atoms with Crippen LogP contribution < -0.4 is 0 Å². The van der Waals surface area contributed by atoms with Gasteiger partial charge in [0.2, 0.25) is 5.91 Å². The molecular weight excluding hydrogens is 398 g/mol. The van der Waals surface area contributed by atoms with E-state index in [9.17, 15) is 9.59 Å². The lowest BCUT2D eigenvalue weighted by molar-refractivity contribution is -0.148. The number of rotatable bonds is 5. The van der Waals surface area contributed by atoms with Crippen LogP contribution in [0.15, 0.2) is 35.7 Å². The van der Waals surface area contributed by atoms with Crippen LogP contribution in [0.25, 0.3) is 6.08 Å². The fraction of sp³-hybridized carbons (Fsp3) is 0.350. The Labute approximate surface area is 173 Å². The zero-order valence-corrected chi connectivity index (χ0v) is 17.4. The number of benzene rings is 1. The maximum Gasteiger partial charge on any atom is 0.327 e. The summed E-state index contributed by atoms with van der Waals surface area (Å²) in [5.41, 5.74) is 1.51. The summed E-state index contributed by atoms with van der Waals surface area (Å²) in [5, 5.41) is 3.41. The number of methoxy groups -OCH3 is 1. The molecule has 1 fully saturated rings. The van der Waals surface area contributed by atoms with Gasteiger partial charge in [-0.25, -0.2) is 9.78 Å². The summed E-state index contributed by atoms with van der Waals surface area (Å²) >= 11 is 7.86. The second-order valence-corrected chi connectivity index (χ2v) is 7.90. The van der Waals surface area contributed by atoms with Gasteiger partial charge in [-0.15, -0.1) is 11.3 Å². The van der Waals surface area contributed by atoms with Gasteiger partial charge >= 0.3 is 5.97 Å². The first-order chi connectivity index (χ1) is 13.5. The molecule has 0 bridgehead atoms. The van der Waals surface area contributed by atoms with Crippen molar-refractivity contribution in [3.8, 4) is 0 Å². The van der Waals surface area contributed by atoms with Crippen LogP contribution in [-0.2, 0) is 14.3 Å². The summed E-state index contributed by atoms with van der Waals surface area (Å²) in [7, 11) is 1.37. The predicted octanol–water partition coefficient (Wildman–Crippen LogP) is 3.18. The first-order valence-electron chi connectivity index (χ1n) is 8.95. The molecule has 28 heavy (non-hydrogen) atoms. The molecule has 1 aromatic heterocycles. The molecule has 148 valence electrons. The van der Waals surface area contributed by atoms with E-state index >= 15 is 0 Å². The van der Waals surface area contributed by atoms with E-state index in [1.165, 1.54) is 7.11 Å². The van der Waals surface area contributed by atoms with E-state index in [2.05, 4.69) is 4.98 Å². The Hall–Kier alpha value is -2.22. The number of amides is 1. The van der Waals surface area contributed by atoms with Gasteiger partial charge in [-0.1, -0.05) is 29.8 Å². The van der Waals surface area contributed by atoms with E-state index in [-0.39, 0.29) is 11.9 Å². The number of thiazole rings is 1. The molecule has 1 atom stereocenters. The fourth-order valence-electron chi connectivity index (χ4n) is 3.20. The van der Waals surface area contributed by atoms with E-state index in [0.29, 0.717) is 31.2 Å². The minimum atomic E-state index is -0.579. The van der Waals surface area contributed by atoms with Crippen LogP contribution in [0, 0.1) is 6.92 Å². The van der Waals surface area contributed by atoms with Crippen molar-refractivity contribution >= 4 is 40.9 Å². The average Bonchev–Trinajstić information content (AvgIpc) is 3.13. The molecule has 2 heterocycles. The second kappa shape index (κ2) is 9.32. The van der Waals surface area contributed by atoms with Gasteiger partial charge in [0.25, 0.3) is 0 Å². The third-order valence-electron chi connectivity index (χ3n) is 4.65. The number of hydrogen-bond donors (Lipinski definition) is 0. The van der Waals surface area contributed by atoms with Gasteiger partial charge in [-0.2, -0.15) is 0 Å². The van der Waals surface area contributed by atoms with Crippen LogP contribution in [0.4, 0.5) is 0 Å². The molecule has 1 saturated heterocycles. The first kappa shape index (κ1) is 20.5. The molecule has 2 aromatic rings. The van der Waals surface area contributed by atoms with Crippen LogP contribution in [0.5, 0.6) is 0 Å². The van der Waals surface area contributed by atoms with E-state index in [1.54, 1.807) is 34.5 Å². The van der Waals surface area contributed by atoms with Crippen molar-refractivity contribution in [2.24, 2.45) is 0 Å². The van der Waals surface area contributed by atoms with Crippen molar-refractivity contribution in [2.45, 2.75) is 13.0 Å². The highest BCUT2D eigenvalue weighted by Gasteiger charge is 2.33. The number of aromatic nitrogens is 1. The minimum Gasteiger partial charge on any atom is -0.468 e. The van der Waals surface area contributed by atoms with Crippen LogP contribution in [0.2, 0.25) is 5.02 Å². The van der Waals surface area contributed by atoms with Crippen molar-refractivity contribution in [1.82, 2.24) is 14.8 Å². The average molecular weight is 420 g/mol. The van der Waals surface area contributed by atoms with E-state index in [0.717, 1.165) is 16.3 Å². The summed E-state index contributed by atoms with van der Waals surface area (Å²) in [6, 6.07) is 6.69. The topological polar surface area (TPSA) is 62.7 Å².